The quantitative estimate of drug-likeness (QED) is 0.584. The summed E-state index contributed by atoms with van der Waals surface area (Å²) < 4.78 is 3.63. The molecular weight excluding hydrogens is 288 g/mol. The van der Waals surface area contributed by atoms with Crippen LogP contribution in [0.2, 0.25) is 0 Å². The Morgan fingerprint density at radius 1 is 0.957 bits per heavy atom. The van der Waals surface area contributed by atoms with Crippen molar-refractivity contribution in [3.8, 4) is 5.69 Å². The van der Waals surface area contributed by atoms with Gasteiger partial charge in [-0.1, -0.05) is 37.3 Å². The van der Waals surface area contributed by atoms with Crippen molar-refractivity contribution in [3.05, 3.63) is 70.8 Å². The van der Waals surface area contributed by atoms with E-state index in [9.17, 15) is 4.79 Å². The molecule has 23 heavy (non-hydrogen) atoms. The van der Waals surface area contributed by atoms with Crippen LogP contribution in [0.25, 0.3) is 22.4 Å². The Morgan fingerprint density at radius 2 is 1.70 bits per heavy atom. The maximum absolute atomic E-state index is 13.0. The number of para-hydroxylation sites is 2. The molecule has 0 aliphatic heterocycles. The van der Waals surface area contributed by atoms with Crippen LogP contribution < -0.4 is 5.56 Å². The van der Waals surface area contributed by atoms with Crippen molar-refractivity contribution in [2.45, 2.75) is 19.8 Å². The molecular formula is C18H16N4O. The predicted octanol–water partition coefficient (Wildman–Crippen LogP) is 2.99. The van der Waals surface area contributed by atoms with Crippen LogP contribution in [0.3, 0.4) is 0 Å². The van der Waals surface area contributed by atoms with Crippen molar-refractivity contribution in [1.29, 1.82) is 0 Å². The lowest BCUT2D eigenvalue weighted by molar-refractivity contribution is 0.823. The lowest BCUT2D eigenvalue weighted by Gasteiger charge is -2.11. The summed E-state index contributed by atoms with van der Waals surface area (Å²) in [6.45, 7) is 2.11. The third-order valence-electron chi connectivity index (χ3n) is 3.98. The maximum atomic E-state index is 13.0. The van der Waals surface area contributed by atoms with Gasteiger partial charge in [0.05, 0.1) is 16.6 Å². The first-order chi connectivity index (χ1) is 11.3. The van der Waals surface area contributed by atoms with Gasteiger partial charge in [0.1, 0.15) is 5.82 Å². The summed E-state index contributed by atoms with van der Waals surface area (Å²) in [6, 6.07) is 17.2. The Hall–Kier alpha value is -2.95. The molecule has 0 amide bonds. The molecule has 0 aliphatic rings. The third kappa shape index (κ3) is 2.04. The molecule has 114 valence electrons. The highest BCUT2D eigenvalue weighted by Crippen LogP contribution is 2.18. The second kappa shape index (κ2) is 5.35. The molecule has 0 saturated carbocycles. The average molecular weight is 304 g/mol. The molecule has 0 radical (unpaired) electrons. The molecule has 0 aliphatic carbocycles. The zero-order valence-electron chi connectivity index (χ0n) is 12.8. The molecule has 4 aromatic rings. The van der Waals surface area contributed by atoms with Gasteiger partial charge in [-0.25, -0.2) is 4.57 Å². The van der Waals surface area contributed by atoms with E-state index in [-0.39, 0.29) is 5.56 Å². The van der Waals surface area contributed by atoms with E-state index in [0.29, 0.717) is 11.2 Å². The normalized spacial score (nSPS) is 11.3. The molecule has 4 rings (SSSR count). The van der Waals surface area contributed by atoms with Crippen molar-refractivity contribution in [2.75, 3.05) is 0 Å². The van der Waals surface area contributed by atoms with Crippen LogP contribution in [-0.2, 0) is 6.42 Å². The minimum absolute atomic E-state index is 0.0743. The smallest absolute Gasteiger partial charge is 0.267 e. The largest absolute Gasteiger partial charge is 0.268 e. The van der Waals surface area contributed by atoms with Crippen molar-refractivity contribution < 1.29 is 0 Å². The number of aryl methyl sites for hydroxylation is 1. The van der Waals surface area contributed by atoms with Gasteiger partial charge in [-0.15, -0.1) is 10.2 Å². The van der Waals surface area contributed by atoms with Gasteiger partial charge in [0.15, 0.2) is 0 Å². The van der Waals surface area contributed by atoms with Crippen molar-refractivity contribution in [3.63, 3.8) is 0 Å². The Bertz CT molecular complexity index is 1050. The predicted molar refractivity (Wildman–Crippen MR) is 90.1 cm³/mol. The zero-order chi connectivity index (χ0) is 15.8. The van der Waals surface area contributed by atoms with Gasteiger partial charge in [-0.2, -0.15) is 0 Å². The van der Waals surface area contributed by atoms with E-state index in [4.69, 9.17) is 0 Å². The summed E-state index contributed by atoms with van der Waals surface area (Å²) in [6.07, 6.45) is 1.79. The number of benzene rings is 2. The molecule has 2 heterocycles. The Labute approximate surface area is 132 Å². The van der Waals surface area contributed by atoms with Crippen LogP contribution in [0.5, 0.6) is 0 Å². The molecule has 0 atom stereocenters. The second-order valence-electron chi connectivity index (χ2n) is 5.49. The minimum atomic E-state index is -0.0743. The fourth-order valence-corrected chi connectivity index (χ4v) is 2.95. The summed E-state index contributed by atoms with van der Waals surface area (Å²) in [4.78, 5) is 13.0. The Balaban J connectivity index is 2.21. The highest BCUT2D eigenvalue weighted by Gasteiger charge is 2.16. The summed E-state index contributed by atoms with van der Waals surface area (Å²) in [7, 11) is 0. The van der Waals surface area contributed by atoms with Gasteiger partial charge >= 0.3 is 0 Å². The number of rotatable bonds is 3. The SMILES string of the molecule is CCCc1nnc2n(-c3ccccc3)c(=O)c3ccccc3n12. The van der Waals surface area contributed by atoms with Gasteiger partial charge < -0.3 is 0 Å². The van der Waals surface area contributed by atoms with Crippen molar-refractivity contribution in [1.82, 2.24) is 19.2 Å². The molecule has 5 nitrogen and oxygen atoms in total. The van der Waals surface area contributed by atoms with Crippen LogP contribution in [-0.4, -0.2) is 19.2 Å². The van der Waals surface area contributed by atoms with E-state index in [1.807, 2.05) is 59.0 Å². The molecule has 2 aromatic carbocycles. The first-order valence-electron chi connectivity index (χ1n) is 7.74. The first-order valence-corrected chi connectivity index (χ1v) is 7.74. The zero-order valence-corrected chi connectivity index (χ0v) is 12.8. The molecule has 0 unspecified atom stereocenters. The lowest BCUT2D eigenvalue weighted by Crippen LogP contribution is -2.22. The monoisotopic (exact) mass is 304 g/mol. The highest BCUT2D eigenvalue weighted by atomic mass is 16.1. The van der Waals surface area contributed by atoms with Crippen molar-refractivity contribution >= 4 is 16.7 Å². The number of nitrogens with zero attached hydrogens (tertiary/aromatic N) is 4. The minimum Gasteiger partial charge on any atom is -0.268 e. The van der Waals surface area contributed by atoms with E-state index >= 15 is 0 Å². The topological polar surface area (TPSA) is 52.2 Å². The number of fused-ring (bicyclic) bond motifs is 3. The molecule has 5 heteroatoms. The maximum Gasteiger partial charge on any atom is 0.267 e. The van der Waals surface area contributed by atoms with E-state index in [1.165, 1.54) is 0 Å². The third-order valence-corrected chi connectivity index (χ3v) is 3.98. The van der Waals surface area contributed by atoms with Crippen molar-refractivity contribution in [2.24, 2.45) is 0 Å². The number of hydrogen-bond donors (Lipinski definition) is 0. The van der Waals surface area contributed by atoms with Gasteiger partial charge in [-0.3, -0.25) is 9.20 Å². The fraction of sp³-hybridized carbons (Fsp3) is 0.167. The highest BCUT2D eigenvalue weighted by molar-refractivity contribution is 5.81. The molecule has 0 saturated heterocycles. The summed E-state index contributed by atoms with van der Waals surface area (Å²) in [5.41, 5.74) is 1.58. The fourth-order valence-electron chi connectivity index (χ4n) is 2.95. The van der Waals surface area contributed by atoms with E-state index in [0.717, 1.165) is 29.9 Å². The standard InChI is InChI=1S/C18H16N4O/c1-2-8-16-19-20-18-21(13-9-4-3-5-10-13)17(23)14-11-6-7-12-15(14)22(16)18/h3-7,9-12H,2,8H2,1H3. The van der Waals surface area contributed by atoms with Crippen LogP contribution in [0.4, 0.5) is 0 Å². The lowest BCUT2D eigenvalue weighted by atomic mass is 10.2. The number of aromatic nitrogens is 4. The van der Waals surface area contributed by atoms with Gasteiger partial charge in [0.2, 0.25) is 5.78 Å². The Morgan fingerprint density at radius 3 is 2.48 bits per heavy atom. The summed E-state index contributed by atoms with van der Waals surface area (Å²) >= 11 is 0. The summed E-state index contributed by atoms with van der Waals surface area (Å²) in [5.74, 6) is 1.44. The summed E-state index contributed by atoms with van der Waals surface area (Å²) in [5, 5.41) is 9.28. The second-order valence-corrected chi connectivity index (χ2v) is 5.49. The van der Waals surface area contributed by atoms with Gasteiger partial charge in [-0.05, 0) is 30.7 Å². The number of hydrogen-bond acceptors (Lipinski definition) is 3. The van der Waals surface area contributed by atoms with E-state index < -0.39 is 0 Å². The molecule has 0 N–H and O–H groups in total. The van der Waals surface area contributed by atoms with Gasteiger partial charge in [0.25, 0.3) is 5.56 Å². The Kier molecular flexibility index (Phi) is 3.19. The van der Waals surface area contributed by atoms with Gasteiger partial charge in [0, 0.05) is 6.42 Å². The van der Waals surface area contributed by atoms with Crippen LogP contribution in [0.1, 0.15) is 19.2 Å². The van der Waals surface area contributed by atoms with E-state index in [1.54, 1.807) is 4.57 Å². The first kappa shape index (κ1) is 13.7. The van der Waals surface area contributed by atoms with Crippen LogP contribution in [0, 0.1) is 0 Å². The van der Waals surface area contributed by atoms with Crippen LogP contribution >= 0.6 is 0 Å². The molecule has 2 aromatic heterocycles. The van der Waals surface area contributed by atoms with E-state index in [2.05, 4.69) is 17.1 Å². The molecule has 0 bridgehead atoms. The molecule has 0 spiro atoms. The molecule has 0 fully saturated rings. The average Bonchev–Trinajstić information content (AvgIpc) is 3.00. The van der Waals surface area contributed by atoms with Crippen LogP contribution in [0.15, 0.2) is 59.4 Å².